The van der Waals surface area contributed by atoms with Gasteiger partial charge in [0.1, 0.15) is 5.60 Å². The summed E-state index contributed by atoms with van der Waals surface area (Å²) in [5, 5.41) is 8.94. The van der Waals surface area contributed by atoms with Crippen molar-refractivity contribution in [2.45, 2.75) is 97.0 Å². The van der Waals surface area contributed by atoms with Crippen LogP contribution in [0, 0.1) is 0 Å². The van der Waals surface area contributed by atoms with E-state index in [0.29, 0.717) is 0 Å². The number of rotatable bonds is 13. The van der Waals surface area contributed by atoms with Gasteiger partial charge < -0.3 is 9.84 Å². The molecule has 0 heterocycles. The van der Waals surface area contributed by atoms with E-state index in [4.69, 9.17) is 9.84 Å². The molecule has 0 fully saturated rings. The van der Waals surface area contributed by atoms with Crippen LogP contribution < -0.4 is 0 Å². The highest BCUT2D eigenvalue weighted by molar-refractivity contribution is 5.58. The average molecular weight is 349 g/mol. The largest absolute Gasteiger partial charge is 0.506 e. The first-order valence-corrected chi connectivity index (χ1v) is 9.97. The Balaban J connectivity index is 2.30. The summed E-state index contributed by atoms with van der Waals surface area (Å²) in [5.41, 5.74) is 1.38. The molecular weight excluding hydrogens is 312 g/mol. The molecule has 142 valence electrons. The third-order valence-electron chi connectivity index (χ3n) is 4.81. The zero-order valence-corrected chi connectivity index (χ0v) is 16.4. The maximum atomic E-state index is 10.9. The average Bonchev–Trinajstić information content (AvgIpc) is 2.56. The number of benzene rings is 1. The lowest BCUT2D eigenvalue weighted by molar-refractivity contribution is 0.000540. The lowest BCUT2D eigenvalue weighted by Gasteiger charge is -2.26. The van der Waals surface area contributed by atoms with Crippen LogP contribution in [0.1, 0.15) is 96.1 Å². The van der Waals surface area contributed by atoms with Crippen LogP contribution >= 0.6 is 0 Å². The molecule has 3 heteroatoms. The molecule has 0 amide bonds. The van der Waals surface area contributed by atoms with E-state index in [1.54, 1.807) is 0 Å². The van der Waals surface area contributed by atoms with E-state index in [1.165, 1.54) is 63.4 Å². The number of unbranched alkanes of at least 4 members (excludes halogenated alkanes) is 9. The van der Waals surface area contributed by atoms with E-state index in [2.05, 4.69) is 13.0 Å². The molecule has 25 heavy (non-hydrogen) atoms. The SMILES string of the molecule is CCCCCCCCCCCCc1ccccc1C(C)(C)OC(=O)O. The molecular formula is C22H36O3. The van der Waals surface area contributed by atoms with E-state index in [0.717, 1.165) is 18.4 Å². The fraction of sp³-hybridized carbons (Fsp3) is 0.682. The fourth-order valence-corrected chi connectivity index (χ4v) is 3.40. The van der Waals surface area contributed by atoms with Gasteiger partial charge in [-0.05, 0) is 37.8 Å². The zero-order chi connectivity index (χ0) is 18.5. The molecule has 0 aromatic heterocycles. The molecule has 0 unspecified atom stereocenters. The molecule has 1 rings (SSSR count). The summed E-state index contributed by atoms with van der Waals surface area (Å²) in [6.07, 6.45) is 13.0. The summed E-state index contributed by atoms with van der Waals surface area (Å²) < 4.78 is 5.08. The molecule has 0 saturated heterocycles. The predicted octanol–water partition coefficient (Wildman–Crippen LogP) is 7.08. The van der Waals surface area contributed by atoms with E-state index in [9.17, 15) is 4.79 Å². The molecule has 1 aromatic carbocycles. The molecule has 1 N–H and O–H groups in total. The summed E-state index contributed by atoms with van der Waals surface area (Å²) >= 11 is 0. The van der Waals surface area contributed by atoms with Gasteiger partial charge in [0.2, 0.25) is 0 Å². The Morgan fingerprint density at radius 1 is 0.920 bits per heavy atom. The van der Waals surface area contributed by atoms with E-state index in [1.807, 2.05) is 32.0 Å². The second-order valence-electron chi connectivity index (χ2n) is 7.47. The van der Waals surface area contributed by atoms with Gasteiger partial charge in [-0.15, -0.1) is 0 Å². The lowest BCUT2D eigenvalue weighted by atomic mass is 9.90. The van der Waals surface area contributed by atoms with Crippen molar-refractivity contribution in [1.82, 2.24) is 0 Å². The molecule has 0 aliphatic carbocycles. The Bertz CT molecular complexity index is 494. The number of aryl methyl sites for hydroxylation is 1. The number of ether oxygens (including phenoxy) is 1. The number of carbonyl (C=O) groups is 1. The first kappa shape index (κ1) is 21.5. The highest BCUT2D eigenvalue weighted by Crippen LogP contribution is 2.29. The van der Waals surface area contributed by atoms with Gasteiger partial charge in [0, 0.05) is 0 Å². The molecule has 0 spiro atoms. The van der Waals surface area contributed by atoms with Crippen molar-refractivity contribution in [2.24, 2.45) is 0 Å². The van der Waals surface area contributed by atoms with Crippen molar-refractivity contribution in [1.29, 1.82) is 0 Å². The zero-order valence-electron chi connectivity index (χ0n) is 16.4. The minimum atomic E-state index is -1.22. The topological polar surface area (TPSA) is 46.5 Å². The molecule has 0 aliphatic rings. The maximum absolute atomic E-state index is 10.9. The summed E-state index contributed by atoms with van der Waals surface area (Å²) in [6.45, 7) is 5.89. The van der Waals surface area contributed by atoms with Gasteiger partial charge in [-0.1, -0.05) is 89.0 Å². The highest BCUT2D eigenvalue weighted by atomic mass is 16.7. The fourth-order valence-electron chi connectivity index (χ4n) is 3.40. The van der Waals surface area contributed by atoms with Crippen LogP contribution in [0.4, 0.5) is 4.79 Å². The van der Waals surface area contributed by atoms with Crippen LogP contribution in [0.25, 0.3) is 0 Å². The van der Waals surface area contributed by atoms with Crippen molar-refractivity contribution in [3.05, 3.63) is 35.4 Å². The van der Waals surface area contributed by atoms with Crippen molar-refractivity contribution < 1.29 is 14.6 Å². The molecule has 0 radical (unpaired) electrons. The second-order valence-corrected chi connectivity index (χ2v) is 7.47. The quantitative estimate of drug-likeness (QED) is 0.306. The summed E-state index contributed by atoms with van der Waals surface area (Å²) in [5.74, 6) is 0. The minimum absolute atomic E-state index is 0.805. The molecule has 0 atom stereocenters. The highest BCUT2D eigenvalue weighted by Gasteiger charge is 2.27. The van der Waals surface area contributed by atoms with Crippen LogP contribution in [-0.4, -0.2) is 11.3 Å². The third-order valence-corrected chi connectivity index (χ3v) is 4.81. The smallest absolute Gasteiger partial charge is 0.450 e. The van der Waals surface area contributed by atoms with Gasteiger partial charge in [-0.25, -0.2) is 4.79 Å². The Morgan fingerprint density at radius 2 is 1.44 bits per heavy atom. The van der Waals surface area contributed by atoms with Crippen molar-refractivity contribution in [3.63, 3.8) is 0 Å². The van der Waals surface area contributed by atoms with Crippen LogP contribution in [0.15, 0.2) is 24.3 Å². The van der Waals surface area contributed by atoms with Crippen molar-refractivity contribution >= 4 is 6.16 Å². The Kier molecular flexibility index (Phi) is 10.3. The summed E-state index contributed by atoms with van der Waals surface area (Å²) in [6, 6.07) is 8.04. The first-order valence-electron chi connectivity index (χ1n) is 9.97. The monoisotopic (exact) mass is 348 g/mol. The van der Waals surface area contributed by atoms with Crippen LogP contribution in [-0.2, 0) is 16.8 Å². The maximum Gasteiger partial charge on any atom is 0.506 e. The van der Waals surface area contributed by atoms with Gasteiger partial charge in [0.15, 0.2) is 0 Å². The van der Waals surface area contributed by atoms with Crippen molar-refractivity contribution in [2.75, 3.05) is 0 Å². The van der Waals surface area contributed by atoms with Crippen LogP contribution in [0.3, 0.4) is 0 Å². The third kappa shape index (κ3) is 8.94. The van der Waals surface area contributed by atoms with Gasteiger partial charge in [0.05, 0.1) is 0 Å². The molecule has 0 aliphatic heterocycles. The van der Waals surface area contributed by atoms with E-state index in [-0.39, 0.29) is 0 Å². The molecule has 3 nitrogen and oxygen atoms in total. The number of hydrogen-bond acceptors (Lipinski definition) is 2. The first-order chi connectivity index (χ1) is 12.0. The Morgan fingerprint density at radius 3 is 2.00 bits per heavy atom. The van der Waals surface area contributed by atoms with Crippen molar-refractivity contribution in [3.8, 4) is 0 Å². The van der Waals surface area contributed by atoms with Gasteiger partial charge >= 0.3 is 6.16 Å². The lowest BCUT2D eigenvalue weighted by Crippen LogP contribution is -2.26. The van der Waals surface area contributed by atoms with E-state index < -0.39 is 11.8 Å². The molecule has 0 bridgehead atoms. The number of carboxylic acid groups (broad SMARTS) is 1. The molecule has 0 saturated carbocycles. The Labute approximate surface area is 153 Å². The van der Waals surface area contributed by atoms with Crippen LogP contribution in [0.5, 0.6) is 0 Å². The predicted molar refractivity (Wildman–Crippen MR) is 104 cm³/mol. The van der Waals surface area contributed by atoms with Gasteiger partial charge in [-0.2, -0.15) is 0 Å². The van der Waals surface area contributed by atoms with Gasteiger partial charge in [-0.3, -0.25) is 0 Å². The van der Waals surface area contributed by atoms with Gasteiger partial charge in [0.25, 0.3) is 0 Å². The summed E-state index contributed by atoms with van der Waals surface area (Å²) in [4.78, 5) is 10.9. The molecule has 1 aromatic rings. The Hall–Kier alpha value is -1.51. The minimum Gasteiger partial charge on any atom is -0.450 e. The van der Waals surface area contributed by atoms with E-state index >= 15 is 0 Å². The second kappa shape index (κ2) is 11.9. The normalized spacial score (nSPS) is 11.5. The standard InChI is InChI=1S/C22H36O3/c1-4-5-6-7-8-9-10-11-12-13-16-19-17-14-15-18-20(19)22(2,3)25-21(23)24/h14-15,17-18H,4-13,16H2,1-3H3,(H,23,24). The summed E-state index contributed by atoms with van der Waals surface area (Å²) in [7, 11) is 0. The van der Waals surface area contributed by atoms with Crippen LogP contribution in [0.2, 0.25) is 0 Å². The number of hydrogen-bond donors (Lipinski definition) is 1.